The number of nitrogens with zero attached hydrogens (tertiary/aromatic N) is 1. The molecule has 1 aromatic carbocycles. The van der Waals surface area contributed by atoms with Crippen LogP contribution in [0, 0.1) is 0 Å². The quantitative estimate of drug-likeness (QED) is 0.165. The lowest BCUT2D eigenvalue weighted by Crippen LogP contribution is -2.25. The zero-order chi connectivity index (χ0) is 25.8. The highest BCUT2D eigenvalue weighted by Crippen LogP contribution is 2.35. The molecule has 0 bridgehead atoms. The summed E-state index contributed by atoms with van der Waals surface area (Å²) in [7, 11) is 0. The topological polar surface area (TPSA) is 66.8 Å². The van der Waals surface area contributed by atoms with Crippen molar-refractivity contribution in [3.63, 3.8) is 0 Å². The van der Waals surface area contributed by atoms with E-state index in [1.54, 1.807) is 4.57 Å². The number of rotatable bonds is 14. The van der Waals surface area contributed by atoms with Gasteiger partial charge in [0.25, 0.3) is 5.56 Å². The lowest BCUT2D eigenvalue weighted by Gasteiger charge is -2.18. The molecule has 0 radical (unpaired) electrons. The largest absolute Gasteiger partial charge is 0.489 e. The summed E-state index contributed by atoms with van der Waals surface area (Å²) >= 11 is 0. The molecular weight excluding hydrogens is 442 g/mol. The summed E-state index contributed by atoms with van der Waals surface area (Å²) in [5.74, 6) is 0.412. The monoisotopic (exact) mass is 483 g/mol. The van der Waals surface area contributed by atoms with Crippen molar-refractivity contribution in [2.45, 2.75) is 86.6 Å². The van der Waals surface area contributed by atoms with Crippen LogP contribution >= 0.6 is 0 Å². The van der Waals surface area contributed by atoms with Crippen LogP contribution in [0.3, 0.4) is 0 Å². The lowest BCUT2D eigenvalue weighted by molar-refractivity contribution is -0.132. The van der Waals surface area contributed by atoms with Gasteiger partial charge in [0.2, 0.25) is 5.75 Å². The van der Waals surface area contributed by atoms with Gasteiger partial charge < -0.3 is 18.8 Å². The summed E-state index contributed by atoms with van der Waals surface area (Å²) < 4.78 is 19.0. The molecule has 0 unspecified atom stereocenters. The van der Waals surface area contributed by atoms with Crippen LogP contribution in [0.1, 0.15) is 80.1 Å². The zero-order valence-electron chi connectivity index (χ0n) is 22.2. The first-order valence-corrected chi connectivity index (χ1v) is 12.7. The summed E-state index contributed by atoms with van der Waals surface area (Å²) in [6.45, 7) is 13.2. The van der Waals surface area contributed by atoms with Crippen LogP contribution in [0.2, 0.25) is 0 Å². The Morgan fingerprint density at radius 3 is 2.37 bits per heavy atom. The minimum Gasteiger partial charge on any atom is -0.489 e. The number of aromatic nitrogens is 1. The van der Waals surface area contributed by atoms with E-state index < -0.39 is 5.97 Å². The minimum atomic E-state index is -0.546. The molecule has 0 saturated carbocycles. The van der Waals surface area contributed by atoms with Crippen LogP contribution in [0.4, 0.5) is 0 Å². The number of pyridine rings is 1. The van der Waals surface area contributed by atoms with Crippen molar-refractivity contribution in [3.8, 4) is 17.2 Å². The number of benzene rings is 1. The molecule has 0 atom stereocenters. The second kappa shape index (κ2) is 14.4. The molecule has 0 aliphatic rings. The number of fused-ring (bicyclic) bond motifs is 1. The SMILES string of the molecule is CCCCOc1c(OC(C)=O)c(=O)n(CCCC)c2cc(OC/C=C(\C)CCC=C(C)C)ccc12. The molecule has 2 rings (SSSR count). The van der Waals surface area contributed by atoms with Gasteiger partial charge in [-0.05, 0) is 64.7 Å². The number of carbonyl (C=O) groups excluding carboxylic acids is 1. The molecule has 0 amide bonds. The molecule has 0 fully saturated rings. The molecule has 0 aliphatic carbocycles. The van der Waals surface area contributed by atoms with Crippen molar-refractivity contribution in [1.29, 1.82) is 0 Å². The van der Waals surface area contributed by atoms with E-state index in [9.17, 15) is 9.59 Å². The molecule has 1 aromatic heterocycles. The number of ether oxygens (including phenoxy) is 3. The Balaban J connectivity index is 2.43. The maximum absolute atomic E-state index is 13.4. The highest BCUT2D eigenvalue weighted by atomic mass is 16.6. The number of hydrogen-bond acceptors (Lipinski definition) is 5. The summed E-state index contributed by atoms with van der Waals surface area (Å²) in [5.41, 5.74) is 2.96. The molecule has 35 heavy (non-hydrogen) atoms. The summed E-state index contributed by atoms with van der Waals surface area (Å²) in [5, 5.41) is 0.730. The normalized spacial score (nSPS) is 11.4. The molecular formula is C29H41NO5. The van der Waals surface area contributed by atoms with Gasteiger partial charge in [-0.25, -0.2) is 0 Å². The van der Waals surface area contributed by atoms with E-state index in [1.165, 1.54) is 18.1 Å². The van der Waals surface area contributed by atoms with Gasteiger partial charge in [0.15, 0.2) is 5.75 Å². The average Bonchev–Trinajstić information content (AvgIpc) is 2.80. The third-order valence-electron chi connectivity index (χ3n) is 5.65. The first kappa shape index (κ1) is 28.2. The fourth-order valence-corrected chi connectivity index (χ4v) is 3.67. The maximum atomic E-state index is 13.4. The number of esters is 1. The molecule has 2 aromatic rings. The molecule has 6 nitrogen and oxygen atoms in total. The highest BCUT2D eigenvalue weighted by molar-refractivity contribution is 5.90. The maximum Gasteiger partial charge on any atom is 0.308 e. The van der Waals surface area contributed by atoms with E-state index >= 15 is 0 Å². The third kappa shape index (κ3) is 8.61. The smallest absolute Gasteiger partial charge is 0.308 e. The minimum absolute atomic E-state index is 0.0409. The highest BCUT2D eigenvalue weighted by Gasteiger charge is 2.21. The van der Waals surface area contributed by atoms with Crippen molar-refractivity contribution < 1.29 is 19.0 Å². The van der Waals surface area contributed by atoms with E-state index in [0.717, 1.165) is 43.9 Å². The van der Waals surface area contributed by atoms with E-state index in [2.05, 4.69) is 46.8 Å². The Hall–Kier alpha value is -3.02. The first-order valence-electron chi connectivity index (χ1n) is 12.7. The average molecular weight is 484 g/mol. The molecule has 192 valence electrons. The Morgan fingerprint density at radius 2 is 1.71 bits per heavy atom. The van der Waals surface area contributed by atoms with Gasteiger partial charge in [0, 0.05) is 24.9 Å². The Bertz CT molecular complexity index is 1110. The van der Waals surface area contributed by atoms with Gasteiger partial charge in [-0.15, -0.1) is 0 Å². The standard InChI is InChI=1S/C29H41NO5/c1-7-9-17-30-26-20-24(33-19-16-22(5)13-11-12-21(3)4)14-15-25(26)27(34-18-10-8-2)28(29(30)32)35-23(6)31/h12,14-16,20H,7-11,13,17-19H2,1-6H3/b22-16+. The van der Waals surface area contributed by atoms with Gasteiger partial charge >= 0.3 is 5.97 Å². The summed E-state index contributed by atoms with van der Waals surface area (Å²) in [6, 6.07) is 5.63. The van der Waals surface area contributed by atoms with E-state index in [1.807, 2.05) is 18.2 Å². The second-order valence-electron chi connectivity index (χ2n) is 9.12. The fourth-order valence-electron chi connectivity index (χ4n) is 3.67. The summed E-state index contributed by atoms with van der Waals surface area (Å²) in [6.07, 6.45) is 9.89. The number of aryl methyl sites for hydroxylation is 1. The van der Waals surface area contributed by atoms with Gasteiger partial charge in [0.05, 0.1) is 12.1 Å². The number of hydrogen-bond donors (Lipinski definition) is 0. The first-order chi connectivity index (χ1) is 16.8. The van der Waals surface area contributed by atoms with Crippen molar-refractivity contribution in [2.75, 3.05) is 13.2 Å². The van der Waals surface area contributed by atoms with Gasteiger partial charge in [-0.1, -0.05) is 43.9 Å². The second-order valence-corrected chi connectivity index (χ2v) is 9.12. The molecule has 6 heteroatoms. The molecule has 0 saturated heterocycles. The third-order valence-corrected chi connectivity index (χ3v) is 5.65. The Morgan fingerprint density at radius 1 is 0.971 bits per heavy atom. The molecule has 0 aliphatic heterocycles. The summed E-state index contributed by atoms with van der Waals surface area (Å²) in [4.78, 5) is 25.2. The van der Waals surface area contributed by atoms with Crippen LogP contribution < -0.4 is 19.8 Å². The van der Waals surface area contributed by atoms with Crippen LogP contribution in [0.25, 0.3) is 10.9 Å². The molecule has 0 N–H and O–H groups in total. The number of unbranched alkanes of at least 4 members (excludes halogenated alkanes) is 2. The Kier molecular flexibility index (Phi) is 11.6. The van der Waals surface area contributed by atoms with E-state index in [4.69, 9.17) is 14.2 Å². The van der Waals surface area contributed by atoms with Crippen LogP contribution in [0.15, 0.2) is 46.3 Å². The molecule has 0 spiro atoms. The zero-order valence-corrected chi connectivity index (χ0v) is 22.2. The molecule has 1 heterocycles. The van der Waals surface area contributed by atoms with Crippen LogP contribution in [-0.4, -0.2) is 23.8 Å². The number of allylic oxidation sites excluding steroid dienone is 3. The van der Waals surface area contributed by atoms with Crippen LogP contribution in [-0.2, 0) is 11.3 Å². The van der Waals surface area contributed by atoms with Crippen molar-refractivity contribution in [1.82, 2.24) is 4.57 Å². The van der Waals surface area contributed by atoms with Crippen molar-refractivity contribution in [3.05, 3.63) is 51.9 Å². The van der Waals surface area contributed by atoms with E-state index in [-0.39, 0.29) is 11.3 Å². The van der Waals surface area contributed by atoms with Crippen molar-refractivity contribution in [2.24, 2.45) is 0 Å². The fraction of sp³-hybridized carbons (Fsp3) is 0.517. The van der Waals surface area contributed by atoms with Gasteiger partial charge in [-0.2, -0.15) is 0 Å². The lowest BCUT2D eigenvalue weighted by atomic mass is 10.1. The van der Waals surface area contributed by atoms with E-state index in [0.29, 0.717) is 36.8 Å². The van der Waals surface area contributed by atoms with Crippen molar-refractivity contribution >= 4 is 16.9 Å². The predicted molar refractivity (Wildman–Crippen MR) is 143 cm³/mol. The van der Waals surface area contributed by atoms with Gasteiger partial charge in [0.1, 0.15) is 12.4 Å². The predicted octanol–water partition coefficient (Wildman–Crippen LogP) is 6.98. The van der Waals surface area contributed by atoms with Gasteiger partial charge in [-0.3, -0.25) is 9.59 Å². The number of carbonyl (C=O) groups is 1. The van der Waals surface area contributed by atoms with Crippen LogP contribution in [0.5, 0.6) is 17.2 Å². The Labute approximate surface area is 209 Å².